The summed E-state index contributed by atoms with van der Waals surface area (Å²) in [5.41, 5.74) is 2.89. The van der Waals surface area contributed by atoms with E-state index in [1.807, 2.05) is 0 Å². The summed E-state index contributed by atoms with van der Waals surface area (Å²) in [6, 6.07) is 0. The van der Waals surface area contributed by atoms with Crippen LogP contribution in [0, 0.1) is 0 Å². The molecular weight excluding hydrogens is 258 g/mol. The van der Waals surface area contributed by atoms with E-state index in [9.17, 15) is 0 Å². The van der Waals surface area contributed by atoms with E-state index < -0.39 is 0 Å². The molecular formula is C19H37NO. The number of hydrogen-bond acceptors (Lipinski definition) is 2. The highest BCUT2D eigenvalue weighted by molar-refractivity contribution is 5.03. The minimum Gasteiger partial charge on any atom is -0.377 e. The molecule has 0 saturated heterocycles. The highest BCUT2D eigenvalue weighted by Gasteiger charge is 1.94. The number of unbranched alkanes of at least 4 members (excludes halogenated alkanes) is 3. The van der Waals surface area contributed by atoms with Gasteiger partial charge in [-0.2, -0.15) is 0 Å². The van der Waals surface area contributed by atoms with Crippen molar-refractivity contribution in [2.45, 2.75) is 65.7 Å². The Balaban J connectivity index is 3.62. The summed E-state index contributed by atoms with van der Waals surface area (Å²) < 4.78 is 5.69. The molecule has 0 atom stereocenters. The predicted octanol–water partition coefficient (Wildman–Crippen LogP) is 5.21. The second kappa shape index (κ2) is 14.3. The normalized spacial score (nSPS) is 13.2. The van der Waals surface area contributed by atoms with Crippen molar-refractivity contribution in [1.29, 1.82) is 0 Å². The smallest absolute Gasteiger partial charge is 0.0674 e. The van der Waals surface area contributed by atoms with Gasteiger partial charge in [-0.3, -0.25) is 0 Å². The van der Waals surface area contributed by atoms with Crippen LogP contribution in [0.15, 0.2) is 23.3 Å². The van der Waals surface area contributed by atoms with Crippen LogP contribution >= 0.6 is 0 Å². The van der Waals surface area contributed by atoms with Gasteiger partial charge >= 0.3 is 0 Å². The van der Waals surface area contributed by atoms with Crippen LogP contribution in [0.1, 0.15) is 65.7 Å². The van der Waals surface area contributed by atoms with Gasteiger partial charge in [0.25, 0.3) is 0 Å². The van der Waals surface area contributed by atoms with Crippen LogP contribution in [-0.4, -0.2) is 38.8 Å². The molecule has 124 valence electrons. The van der Waals surface area contributed by atoms with E-state index in [1.165, 1.54) is 43.3 Å². The Morgan fingerprint density at radius 3 is 2.33 bits per heavy atom. The van der Waals surface area contributed by atoms with Gasteiger partial charge in [-0.15, -0.1) is 0 Å². The maximum Gasteiger partial charge on any atom is 0.0674 e. The predicted molar refractivity (Wildman–Crippen MR) is 94.9 cm³/mol. The average molecular weight is 296 g/mol. The molecule has 0 rings (SSSR count). The van der Waals surface area contributed by atoms with Crippen molar-refractivity contribution in [1.82, 2.24) is 4.90 Å². The minimum absolute atomic E-state index is 0.784. The van der Waals surface area contributed by atoms with Crippen molar-refractivity contribution < 1.29 is 4.74 Å². The van der Waals surface area contributed by atoms with Crippen molar-refractivity contribution in [2.24, 2.45) is 0 Å². The first kappa shape index (κ1) is 20.4. The van der Waals surface area contributed by atoms with Crippen molar-refractivity contribution in [3.63, 3.8) is 0 Å². The molecule has 0 aromatic rings. The number of allylic oxidation sites excluding steroid dienone is 3. The Kier molecular flexibility index (Phi) is 13.9. The van der Waals surface area contributed by atoms with Gasteiger partial charge < -0.3 is 9.64 Å². The van der Waals surface area contributed by atoms with Gasteiger partial charge in [0.1, 0.15) is 0 Å². The lowest BCUT2D eigenvalue weighted by molar-refractivity contribution is 0.146. The van der Waals surface area contributed by atoms with Gasteiger partial charge in [-0.05, 0) is 66.6 Å². The number of ether oxygens (including phenoxy) is 1. The largest absolute Gasteiger partial charge is 0.377 e. The summed E-state index contributed by atoms with van der Waals surface area (Å²) in [5.74, 6) is 0. The highest BCUT2D eigenvalue weighted by Crippen LogP contribution is 2.10. The summed E-state index contributed by atoms with van der Waals surface area (Å²) in [6.45, 7) is 9.43. The quantitative estimate of drug-likeness (QED) is 0.342. The maximum atomic E-state index is 5.69. The van der Waals surface area contributed by atoms with Crippen LogP contribution in [0.2, 0.25) is 0 Å². The van der Waals surface area contributed by atoms with Gasteiger partial charge in [0.2, 0.25) is 0 Å². The molecule has 0 aromatic carbocycles. The minimum atomic E-state index is 0.784. The van der Waals surface area contributed by atoms with Gasteiger partial charge in [-0.1, -0.05) is 43.1 Å². The Morgan fingerprint density at radius 2 is 1.67 bits per heavy atom. The molecule has 0 saturated carbocycles. The molecule has 0 radical (unpaired) electrons. The first-order valence-corrected chi connectivity index (χ1v) is 8.60. The van der Waals surface area contributed by atoms with Gasteiger partial charge in [0.15, 0.2) is 0 Å². The van der Waals surface area contributed by atoms with E-state index >= 15 is 0 Å². The number of nitrogens with zero attached hydrogens (tertiary/aromatic N) is 1. The molecule has 0 aliphatic heterocycles. The molecule has 0 aromatic heterocycles. The monoisotopic (exact) mass is 295 g/mol. The molecule has 21 heavy (non-hydrogen) atoms. The van der Waals surface area contributed by atoms with Crippen molar-refractivity contribution >= 4 is 0 Å². The fraction of sp³-hybridized carbons (Fsp3) is 0.789. The van der Waals surface area contributed by atoms with Crippen LogP contribution in [0.25, 0.3) is 0 Å². The second-order valence-electron chi connectivity index (χ2n) is 6.34. The number of hydrogen-bond donors (Lipinski definition) is 0. The lowest BCUT2D eigenvalue weighted by atomic mass is 10.1. The Morgan fingerprint density at radius 1 is 0.952 bits per heavy atom. The number of rotatable bonds is 13. The molecule has 0 amide bonds. The van der Waals surface area contributed by atoms with Gasteiger partial charge in [0, 0.05) is 6.61 Å². The SMILES string of the molecule is CCCCC/C=C(/C)CC/C=C(/C)COCCCN(C)C. The lowest BCUT2D eigenvalue weighted by Gasteiger charge is -2.09. The van der Waals surface area contributed by atoms with Crippen LogP contribution in [-0.2, 0) is 4.74 Å². The van der Waals surface area contributed by atoms with E-state index in [0.29, 0.717) is 0 Å². The summed E-state index contributed by atoms with van der Waals surface area (Å²) in [7, 11) is 4.20. The molecule has 0 fully saturated rings. The first-order valence-electron chi connectivity index (χ1n) is 8.60. The molecule has 0 bridgehead atoms. The van der Waals surface area contributed by atoms with E-state index in [0.717, 1.165) is 32.6 Å². The van der Waals surface area contributed by atoms with Crippen LogP contribution in [0.5, 0.6) is 0 Å². The zero-order valence-electron chi connectivity index (χ0n) is 15.1. The Labute approximate surface area is 133 Å². The lowest BCUT2D eigenvalue weighted by Crippen LogP contribution is -2.15. The van der Waals surface area contributed by atoms with Crippen molar-refractivity contribution in [3.8, 4) is 0 Å². The Bertz CT molecular complexity index is 292. The molecule has 0 spiro atoms. The van der Waals surface area contributed by atoms with Gasteiger partial charge in [-0.25, -0.2) is 0 Å². The molecule has 0 aliphatic carbocycles. The zero-order valence-corrected chi connectivity index (χ0v) is 15.1. The first-order chi connectivity index (χ1) is 10.1. The Hall–Kier alpha value is -0.600. The summed E-state index contributed by atoms with van der Waals surface area (Å²) >= 11 is 0. The fourth-order valence-electron chi connectivity index (χ4n) is 2.17. The van der Waals surface area contributed by atoms with Crippen LogP contribution in [0.4, 0.5) is 0 Å². The average Bonchev–Trinajstić information content (AvgIpc) is 2.43. The van der Waals surface area contributed by atoms with E-state index in [1.54, 1.807) is 0 Å². The summed E-state index contributed by atoms with van der Waals surface area (Å²) in [4.78, 5) is 2.20. The standard InChI is InChI=1S/C19H37NO/c1-6-7-8-9-12-18(2)13-10-14-19(3)17-21-16-11-15-20(4)5/h12,14H,6-11,13,15-17H2,1-5H3/b18-12-,19-14-. The third-order valence-corrected chi connectivity index (χ3v) is 3.56. The van der Waals surface area contributed by atoms with E-state index in [4.69, 9.17) is 4.74 Å². The third kappa shape index (κ3) is 15.6. The molecule has 0 N–H and O–H groups in total. The van der Waals surface area contributed by atoms with Crippen LogP contribution in [0.3, 0.4) is 0 Å². The fourth-order valence-corrected chi connectivity index (χ4v) is 2.17. The maximum absolute atomic E-state index is 5.69. The highest BCUT2D eigenvalue weighted by atomic mass is 16.5. The van der Waals surface area contributed by atoms with E-state index in [2.05, 4.69) is 51.9 Å². The van der Waals surface area contributed by atoms with Gasteiger partial charge in [0.05, 0.1) is 6.61 Å². The molecule has 0 aliphatic rings. The van der Waals surface area contributed by atoms with Crippen molar-refractivity contribution in [2.75, 3.05) is 33.9 Å². The summed E-state index contributed by atoms with van der Waals surface area (Å²) in [6.07, 6.45) is 13.4. The third-order valence-electron chi connectivity index (χ3n) is 3.56. The van der Waals surface area contributed by atoms with Crippen molar-refractivity contribution in [3.05, 3.63) is 23.3 Å². The zero-order chi connectivity index (χ0) is 15.9. The van der Waals surface area contributed by atoms with E-state index in [-0.39, 0.29) is 0 Å². The molecule has 0 heterocycles. The second-order valence-corrected chi connectivity index (χ2v) is 6.34. The molecule has 0 unspecified atom stereocenters. The molecule has 2 heteroatoms. The topological polar surface area (TPSA) is 12.5 Å². The summed E-state index contributed by atoms with van der Waals surface area (Å²) in [5, 5.41) is 0. The molecule has 2 nitrogen and oxygen atoms in total. The van der Waals surface area contributed by atoms with Crippen LogP contribution < -0.4 is 0 Å².